The highest BCUT2D eigenvalue weighted by Crippen LogP contribution is 2.42. The first kappa shape index (κ1) is 27.6. The molecule has 0 saturated carbocycles. The van der Waals surface area contributed by atoms with Gasteiger partial charge in [0.15, 0.2) is 11.9 Å². The van der Waals surface area contributed by atoms with Crippen molar-refractivity contribution >= 4 is 41.1 Å². The van der Waals surface area contributed by atoms with Crippen LogP contribution in [0.5, 0.6) is 0 Å². The Morgan fingerprint density at radius 1 is 1.17 bits per heavy atom. The van der Waals surface area contributed by atoms with Gasteiger partial charge in [-0.05, 0) is 29.7 Å². The second-order valence-electron chi connectivity index (χ2n) is 9.83. The van der Waals surface area contributed by atoms with Crippen LogP contribution in [0.25, 0.3) is 0 Å². The summed E-state index contributed by atoms with van der Waals surface area (Å²) in [4.78, 5) is 33.1. The van der Waals surface area contributed by atoms with E-state index in [-0.39, 0.29) is 17.0 Å². The van der Waals surface area contributed by atoms with Crippen LogP contribution in [0, 0.1) is 0 Å². The van der Waals surface area contributed by atoms with Crippen LogP contribution in [-0.4, -0.2) is 69.3 Å². The summed E-state index contributed by atoms with van der Waals surface area (Å²) < 4.78 is 11.5. The van der Waals surface area contributed by atoms with Crippen LogP contribution in [0.1, 0.15) is 24.2 Å². The number of thioether (sulfide) groups is 2. The van der Waals surface area contributed by atoms with Gasteiger partial charge in [0.2, 0.25) is 5.91 Å². The molecule has 0 spiro atoms. The minimum absolute atomic E-state index is 0.269. The average Bonchev–Trinajstić information content (AvgIpc) is 3.41. The summed E-state index contributed by atoms with van der Waals surface area (Å²) >= 11 is 3.13. The number of β-lactam (4-membered cyclic amide) rings is 1. The quantitative estimate of drug-likeness (QED) is 0.333. The molecule has 4 heterocycles. The van der Waals surface area contributed by atoms with Gasteiger partial charge >= 0.3 is 5.97 Å². The van der Waals surface area contributed by atoms with Gasteiger partial charge in [-0.2, -0.15) is 0 Å². The Kier molecular flexibility index (Phi) is 7.91. The van der Waals surface area contributed by atoms with Gasteiger partial charge < -0.3 is 15.2 Å². The lowest BCUT2D eigenvalue weighted by Gasteiger charge is -2.48. The standard InChI is InChI=1S/C29H30N6O4S2/c1-18-13-23(35-22(31-18)14-33(32-35)17-38-2)40-15-21-16-41-28-24(30)27(36)34(28)25(21)29(37)39-26(19-9-5-3-6-10-19)20-11-7-4-8-12-20/h3-14,24,26,28,32H,15-17,30H2,1-2H3/t24?,28-/m0/s1. The maximum atomic E-state index is 14.0. The maximum Gasteiger partial charge on any atom is 0.356 e. The summed E-state index contributed by atoms with van der Waals surface area (Å²) in [5.74, 6) is 0.972. The van der Waals surface area contributed by atoms with Gasteiger partial charge in [-0.1, -0.05) is 60.7 Å². The second-order valence-corrected chi connectivity index (χ2v) is 11.9. The van der Waals surface area contributed by atoms with E-state index < -0.39 is 18.1 Å². The predicted molar refractivity (Wildman–Crippen MR) is 159 cm³/mol. The minimum Gasteiger partial charge on any atom is -0.448 e. The Morgan fingerprint density at radius 3 is 2.51 bits per heavy atom. The number of hydrogen-bond acceptors (Lipinski definition) is 11. The fraction of sp³-hybridized carbons (Fsp3) is 0.276. The Bertz CT molecular complexity index is 1420. The number of esters is 1. The first-order valence-corrected chi connectivity index (χ1v) is 15.1. The van der Waals surface area contributed by atoms with Gasteiger partial charge in [-0.3, -0.25) is 14.7 Å². The monoisotopic (exact) mass is 590 g/mol. The SMILES string of the molecule is COCN1C=C2N=C(C)C=C(SCC3=C(C(=O)OC(c4ccccc4)c4ccccc4)N4C(=O)C(N)[C@@H]4SC3)N2N1. The summed E-state index contributed by atoms with van der Waals surface area (Å²) in [6, 6.07) is 18.6. The molecule has 0 radical (unpaired) electrons. The zero-order valence-electron chi connectivity index (χ0n) is 22.6. The number of ether oxygens (including phenoxy) is 2. The third kappa shape index (κ3) is 5.41. The Balaban J connectivity index is 1.28. The number of fused-ring (bicyclic) bond motifs is 2. The van der Waals surface area contributed by atoms with Crippen molar-refractivity contribution in [2.45, 2.75) is 24.4 Å². The van der Waals surface area contributed by atoms with E-state index in [1.54, 1.807) is 35.6 Å². The molecule has 1 fully saturated rings. The summed E-state index contributed by atoms with van der Waals surface area (Å²) in [6.07, 6.45) is 3.23. The van der Waals surface area contributed by atoms with Crippen molar-refractivity contribution in [1.29, 1.82) is 0 Å². The van der Waals surface area contributed by atoms with Crippen molar-refractivity contribution in [2.24, 2.45) is 10.7 Å². The molecule has 0 aromatic heterocycles. The van der Waals surface area contributed by atoms with Crippen LogP contribution >= 0.6 is 23.5 Å². The lowest BCUT2D eigenvalue weighted by atomic mass is 10.0. The van der Waals surface area contributed by atoms with E-state index in [1.807, 2.05) is 84.9 Å². The van der Waals surface area contributed by atoms with Crippen LogP contribution in [0.4, 0.5) is 0 Å². The van der Waals surface area contributed by atoms with E-state index in [0.29, 0.717) is 18.2 Å². The molecule has 212 valence electrons. The molecule has 3 N–H and O–H groups in total. The van der Waals surface area contributed by atoms with Crippen LogP contribution in [-0.2, 0) is 19.1 Å². The first-order chi connectivity index (χ1) is 19.9. The topological polar surface area (TPSA) is 113 Å². The number of aliphatic imine (C=N–C) groups is 1. The van der Waals surface area contributed by atoms with Gasteiger partial charge in [0.25, 0.3) is 0 Å². The van der Waals surface area contributed by atoms with E-state index in [9.17, 15) is 9.59 Å². The van der Waals surface area contributed by atoms with Gasteiger partial charge in [0.1, 0.15) is 23.8 Å². The van der Waals surface area contributed by atoms with Crippen molar-refractivity contribution in [3.8, 4) is 0 Å². The molecule has 12 heteroatoms. The molecule has 2 aromatic carbocycles. The third-order valence-corrected chi connectivity index (χ3v) is 9.40. The van der Waals surface area contributed by atoms with Crippen LogP contribution in [0.3, 0.4) is 0 Å². The molecule has 41 heavy (non-hydrogen) atoms. The number of benzene rings is 2. The van der Waals surface area contributed by atoms with Gasteiger partial charge in [-0.25, -0.2) is 14.8 Å². The minimum atomic E-state index is -0.635. The molecule has 10 nitrogen and oxygen atoms in total. The number of allylic oxidation sites excluding steroid dienone is 1. The summed E-state index contributed by atoms with van der Waals surface area (Å²) in [6.45, 7) is 2.29. The van der Waals surface area contributed by atoms with Gasteiger partial charge in [0.05, 0.1) is 11.2 Å². The molecule has 2 aromatic rings. The molecule has 1 unspecified atom stereocenters. The number of nitrogens with two attached hydrogens (primary N) is 1. The van der Waals surface area contributed by atoms with Crippen LogP contribution < -0.4 is 11.3 Å². The molecule has 2 atom stereocenters. The zero-order chi connectivity index (χ0) is 28.5. The lowest BCUT2D eigenvalue weighted by Crippen LogP contribution is -2.68. The maximum absolute atomic E-state index is 14.0. The highest BCUT2D eigenvalue weighted by atomic mass is 32.2. The van der Waals surface area contributed by atoms with Crippen molar-refractivity contribution in [3.63, 3.8) is 0 Å². The normalized spacial score (nSPS) is 21.7. The molecule has 0 bridgehead atoms. The second kappa shape index (κ2) is 11.7. The van der Waals surface area contributed by atoms with E-state index in [4.69, 9.17) is 15.2 Å². The van der Waals surface area contributed by atoms with Crippen molar-refractivity contribution in [2.75, 3.05) is 25.3 Å². The fourth-order valence-corrected chi connectivity index (χ4v) is 7.50. The molecule has 1 saturated heterocycles. The average molecular weight is 591 g/mol. The number of amides is 1. The predicted octanol–water partition coefficient (Wildman–Crippen LogP) is 3.30. The summed E-state index contributed by atoms with van der Waals surface area (Å²) in [7, 11) is 1.63. The number of nitrogens with zero attached hydrogens (tertiary/aromatic N) is 4. The summed E-state index contributed by atoms with van der Waals surface area (Å²) in [5.41, 5.74) is 13.0. The molecule has 4 aliphatic rings. The number of methoxy groups -OCH3 is 1. The smallest absolute Gasteiger partial charge is 0.356 e. The number of hydrazine groups is 2. The first-order valence-electron chi connectivity index (χ1n) is 13.1. The van der Waals surface area contributed by atoms with Crippen LogP contribution in [0.15, 0.2) is 100 Å². The van der Waals surface area contributed by atoms with E-state index in [0.717, 1.165) is 33.3 Å². The number of carbonyl (C=O) groups is 2. The van der Waals surface area contributed by atoms with Crippen LogP contribution in [0.2, 0.25) is 0 Å². The number of hydrogen-bond donors (Lipinski definition) is 2. The molecule has 0 aliphatic carbocycles. The van der Waals surface area contributed by atoms with E-state index >= 15 is 0 Å². The van der Waals surface area contributed by atoms with E-state index in [2.05, 4.69) is 10.5 Å². The van der Waals surface area contributed by atoms with Crippen molar-refractivity contribution < 1.29 is 19.1 Å². The number of nitrogens with one attached hydrogen (secondary N) is 1. The molecular formula is C29H30N6O4S2. The highest BCUT2D eigenvalue weighted by Gasteiger charge is 2.52. The molecular weight excluding hydrogens is 560 g/mol. The number of carbonyl (C=O) groups excluding carboxylic acids is 2. The van der Waals surface area contributed by atoms with Gasteiger partial charge in [0, 0.05) is 24.3 Å². The van der Waals surface area contributed by atoms with E-state index in [1.165, 1.54) is 4.90 Å². The third-order valence-electron chi connectivity index (χ3n) is 6.95. The molecule has 1 amide bonds. The van der Waals surface area contributed by atoms with Crippen molar-refractivity contribution in [1.82, 2.24) is 20.5 Å². The summed E-state index contributed by atoms with van der Waals surface area (Å²) in [5, 5.41) is 4.29. The highest BCUT2D eigenvalue weighted by molar-refractivity contribution is 8.03. The Morgan fingerprint density at radius 2 is 1.85 bits per heavy atom. The molecule has 4 aliphatic heterocycles. The lowest BCUT2D eigenvalue weighted by molar-refractivity contribution is -0.153. The van der Waals surface area contributed by atoms with Gasteiger partial charge in [-0.15, -0.1) is 29.1 Å². The Labute approximate surface area is 246 Å². The number of rotatable bonds is 9. The fourth-order valence-electron chi connectivity index (χ4n) is 5.00. The zero-order valence-corrected chi connectivity index (χ0v) is 24.2. The molecule has 6 rings (SSSR count). The largest absolute Gasteiger partial charge is 0.448 e. The van der Waals surface area contributed by atoms with Crippen molar-refractivity contribution in [3.05, 3.63) is 106 Å². The Hall–Kier alpha value is -3.55.